The first-order valence-electron chi connectivity index (χ1n) is 3.98. The zero-order valence-corrected chi connectivity index (χ0v) is 8.84. The van der Waals surface area contributed by atoms with Gasteiger partial charge in [-0.1, -0.05) is 0 Å². The molecule has 76 valence electrons. The normalized spacial score (nSPS) is 10.2. The number of rotatable bonds is 3. The molecule has 1 aromatic carbocycles. The van der Waals surface area contributed by atoms with Crippen molar-refractivity contribution in [1.29, 1.82) is 0 Å². The van der Waals surface area contributed by atoms with Gasteiger partial charge in [0.2, 0.25) is 0 Å². The van der Waals surface area contributed by atoms with E-state index in [2.05, 4.69) is 15.9 Å². The molecule has 0 spiro atoms. The largest absolute Gasteiger partial charge is 0.505 e. The molecule has 0 heterocycles. The number of hydrogen-bond acceptors (Lipinski definition) is 3. The van der Waals surface area contributed by atoms with Gasteiger partial charge >= 0.3 is 0 Å². The number of ketones is 1. The van der Waals surface area contributed by atoms with Gasteiger partial charge in [0.1, 0.15) is 0 Å². The second-order valence-corrected chi connectivity index (χ2v) is 3.57. The first-order valence-corrected chi connectivity index (χ1v) is 4.77. The van der Waals surface area contributed by atoms with Gasteiger partial charge < -0.3 is 10.8 Å². The minimum atomic E-state index is -0.905. The lowest BCUT2D eigenvalue weighted by Gasteiger charge is -2.05. The number of phenols is 1. The molecule has 0 aliphatic heterocycles. The van der Waals surface area contributed by atoms with E-state index in [9.17, 15) is 9.18 Å². The van der Waals surface area contributed by atoms with Crippen molar-refractivity contribution in [1.82, 2.24) is 0 Å². The van der Waals surface area contributed by atoms with Crippen LogP contribution in [0.2, 0.25) is 0 Å². The highest BCUT2D eigenvalue weighted by Gasteiger charge is 2.17. The summed E-state index contributed by atoms with van der Waals surface area (Å²) in [5.41, 5.74) is 5.04. The summed E-state index contributed by atoms with van der Waals surface area (Å²) in [6.45, 7) is 0.153. The molecular weight excluding hydrogens is 253 g/mol. The molecule has 0 saturated carbocycles. The smallest absolute Gasteiger partial charge is 0.176 e. The molecule has 0 amide bonds. The summed E-state index contributed by atoms with van der Waals surface area (Å²) in [7, 11) is 0. The fourth-order valence-corrected chi connectivity index (χ4v) is 1.58. The van der Waals surface area contributed by atoms with E-state index in [1.54, 1.807) is 0 Å². The quantitative estimate of drug-likeness (QED) is 0.817. The Morgan fingerprint density at radius 1 is 1.57 bits per heavy atom. The average Bonchev–Trinajstić information content (AvgIpc) is 2.13. The van der Waals surface area contributed by atoms with Crippen LogP contribution in [0.3, 0.4) is 0 Å². The summed E-state index contributed by atoms with van der Waals surface area (Å²) in [6.07, 6.45) is 0.0545. The second-order valence-electron chi connectivity index (χ2n) is 2.72. The molecule has 1 aromatic rings. The molecule has 3 nitrogen and oxygen atoms in total. The third kappa shape index (κ3) is 2.10. The molecule has 0 aliphatic rings. The molecule has 0 unspecified atom stereocenters. The van der Waals surface area contributed by atoms with Crippen molar-refractivity contribution in [2.75, 3.05) is 6.54 Å². The predicted molar refractivity (Wildman–Crippen MR) is 53.8 cm³/mol. The van der Waals surface area contributed by atoms with E-state index >= 15 is 0 Å². The third-order valence-electron chi connectivity index (χ3n) is 1.72. The molecule has 3 N–H and O–H groups in total. The van der Waals surface area contributed by atoms with Crippen LogP contribution in [-0.4, -0.2) is 17.4 Å². The number of carbonyl (C=O) groups is 1. The summed E-state index contributed by atoms with van der Waals surface area (Å²) in [4.78, 5) is 11.4. The van der Waals surface area contributed by atoms with E-state index in [1.165, 1.54) is 12.1 Å². The highest BCUT2D eigenvalue weighted by Crippen LogP contribution is 2.27. The van der Waals surface area contributed by atoms with Crippen LogP contribution in [0.4, 0.5) is 4.39 Å². The molecule has 14 heavy (non-hydrogen) atoms. The highest BCUT2D eigenvalue weighted by molar-refractivity contribution is 9.10. The average molecular weight is 262 g/mol. The number of nitrogens with two attached hydrogens (primary N) is 1. The lowest BCUT2D eigenvalue weighted by atomic mass is 10.1. The Morgan fingerprint density at radius 3 is 2.79 bits per heavy atom. The summed E-state index contributed by atoms with van der Waals surface area (Å²) in [6, 6.07) is 2.60. The number of Topliss-reactive ketones (excluding diaryl/α,β-unsaturated/α-hetero) is 1. The Bertz CT molecular complexity index is 368. The van der Waals surface area contributed by atoms with Crippen molar-refractivity contribution in [3.63, 3.8) is 0 Å². The molecule has 0 aliphatic carbocycles. The standard InChI is InChI=1S/C9H9BrFNO2/c10-5-1-2-7(14)9(11)8(5)6(13)3-4-12/h1-2,14H,3-4,12H2. The fourth-order valence-electron chi connectivity index (χ4n) is 1.05. The Labute approximate surface area is 88.9 Å². The Balaban J connectivity index is 3.18. The van der Waals surface area contributed by atoms with Crippen LogP contribution in [0.1, 0.15) is 16.8 Å². The van der Waals surface area contributed by atoms with Gasteiger partial charge in [0.25, 0.3) is 0 Å². The first kappa shape index (κ1) is 11.1. The summed E-state index contributed by atoms with van der Waals surface area (Å²) >= 11 is 3.04. The zero-order valence-electron chi connectivity index (χ0n) is 7.26. The van der Waals surface area contributed by atoms with E-state index in [-0.39, 0.29) is 18.5 Å². The van der Waals surface area contributed by atoms with Crippen molar-refractivity contribution >= 4 is 21.7 Å². The van der Waals surface area contributed by atoms with Crippen LogP contribution >= 0.6 is 15.9 Å². The maximum atomic E-state index is 13.3. The van der Waals surface area contributed by atoms with Gasteiger partial charge in [0.05, 0.1) is 5.56 Å². The van der Waals surface area contributed by atoms with Gasteiger partial charge in [0.15, 0.2) is 17.3 Å². The third-order valence-corrected chi connectivity index (χ3v) is 2.38. The zero-order chi connectivity index (χ0) is 10.7. The maximum Gasteiger partial charge on any atom is 0.176 e. The van der Waals surface area contributed by atoms with E-state index in [0.29, 0.717) is 4.47 Å². The molecule has 0 bridgehead atoms. The van der Waals surface area contributed by atoms with E-state index in [4.69, 9.17) is 10.8 Å². The molecule has 0 saturated heterocycles. The number of carbonyl (C=O) groups excluding carboxylic acids is 1. The summed E-state index contributed by atoms with van der Waals surface area (Å²) in [5, 5.41) is 9.06. The molecular formula is C9H9BrFNO2. The van der Waals surface area contributed by atoms with Crippen molar-refractivity contribution in [3.8, 4) is 5.75 Å². The van der Waals surface area contributed by atoms with Gasteiger partial charge in [-0.25, -0.2) is 4.39 Å². The number of benzene rings is 1. The molecule has 0 radical (unpaired) electrons. The minimum absolute atomic E-state index is 0.0545. The number of halogens is 2. The molecule has 1 rings (SSSR count). The van der Waals surface area contributed by atoms with Crippen LogP contribution in [-0.2, 0) is 0 Å². The van der Waals surface area contributed by atoms with Gasteiger partial charge in [-0.3, -0.25) is 4.79 Å². The number of aromatic hydroxyl groups is 1. The van der Waals surface area contributed by atoms with E-state index in [0.717, 1.165) is 0 Å². The minimum Gasteiger partial charge on any atom is -0.505 e. The molecule has 5 heteroatoms. The lowest BCUT2D eigenvalue weighted by molar-refractivity contribution is 0.0980. The van der Waals surface area contributed by atoms with Crippen LogP contribution in [0, 0.1) is 5.82 Å². The molecule has 0 atom stereocenters. The maximum absolute atomic E-state index is 13.3. The van der Waals surface area contributed by atoms with Crippen molar-refractivity contribution in [2.45, 2.75) is 6.42 Å². The fraction of sp³-hybridized carbons (Fsp3) is 0.222. The van der Waals surface area contributed by atoms with Crippen molar-refractivity contribution in [2.24, 2.45) is 5.73 Å². The van der Waals surface area contributed by atoms with E-state index in [1.807, 2.05) is 0 Å². The second kappa shape index (κ2) is 4.52. The number of phenolic OH excluding ortho intramolecular Hbond substituents is 1. The predicted octanol–water partition coefficient (Wildman–Crippen LogP) is 1.83. The number of hydrogen-bond donors (Lipinski definition) is 2. The Kier molecular flexibility index (Phi) is 3.60. The topological polar surface area (TPSA) is 63.3 Å². The van der Waals surface area contributed by atoms with Crippen molar-refractivity contribution in [3.05, 3.63) is 28.0 Å². The van der Waals surface area contributed by atoms with E-state index < -0.39 is 17.3 Å². The molecule has 0 aromatic heterocycles. The highest BCUT2D eigenvalue weighted by atomic mass is 79.9. The van der Waals surface area contributed by atoms with Crippen LogP contribution in [0.15, 0.2) is 16.6 Å². The van der Waals surface area contributed by atoms with Gasteiger partial charge in [-0.05, 0) is 34.6 Å². The van der Waals surface area contributed by atoms with Gasteiger partial charge in [0, 0.05) is 10.9 Å². The van der Waals surface area contributed by atoms with Gasteiger partial charge in [-0.2, -0.15) is 0 Å². The van der Waals surface area contributed by atoms with Crippen LogP contribution in [0.5, 0.6) is 5.75 Å². The Morgan fingerprint density at radius 2 is 2.21 bits per heavy atom. The first-order chi connectivity index (χ1) is 6.57. The monoisotopic (exact) mass is 261 g/mol. The molecule has 0 fully saturated rings. The lowest BCUT2D eigenvalue weighted by Crippen LogP contribution is -2.10. The Hall–Kier alpha value is -0.940. The SMILES string of the molecule is NCCC(=O)c1c(Br)ccc(O)c1F. The van der Waals surface area contributed by atoms with Crippen molar-refractivity contribution < 1.29 is 14.3 Å². The summed E-state index contributed by atoms with van der Waals surface area (Å²) < 4.78 is 13.6. The summed E-state index contributed by atoms with van der Waals surface area (Å²) in [5.74, 6) is -1.86. The van der Waals surface area contributed by atoms with Gasteiger partial charge in [-0.15, -0.1) is 0 Å². The van der Waals surface area contributed by atoms with Crippen LogP contribution < -0.4 is 5.73 Å². The van der Waals surface area contributed by atoms with Crippen LogP contribution in [0.25, 0.3) is 0 Å².